The van der Waals surface area contributed by atoms with Gasteiger partial charge in [0.1, 0.15) is 11.6 Å². The molecule has 2 amide bonds. The number of hydrogen-bond acceptors (Lipinski definition) is 4. The van der Waals surface area contributed by atoms with E-state index in [4.69, 9.17) is 10.5 Å². The minimum atomic E-state index is -0.434. The van der Waals surface area contributed by atoms with Crippen molar-refractivity contribution in [1.82, 2.24) is 0 Å². The maximum atomic E-state index is 12.8. The number of primary amides is 1. The van der Waals surface area contributed by atoms with Gasteiger partial charge in [-0.15, -0.1) is 11.8 Å². The van der Waals surface area contributed by atoms with Gasteiger partial charge in [0.15, 0.2) is 6.61 Å². The molecule has 0 saturated carbocycles. The molecule has 7 heteroatoms. The molecule has 0 spiro atoms. The first-order valence-electron chi connectivity index (χ1n) is 6.73. The van der Waals surface area contributed by atoms with Crippen LogP contribution in [-0.4, -0.2) is 24.2 Å². The third kappa shape index (κ3) is 5.63. The number of nitrogens with two attached hydrogens (primary N) is 1. The number of benzene rings is 2. The molecule has 120 valence electrons. The highest BCUT2D eigenvalue weighted by Gasteiger charge is 2.09. The zero-order chi connectivity index (χ0) is 16.7. The smallest absolute Gasteiger partial charge is 0.262 e. The van der Waals surface area contributed by atoms with E-state index in [1.165, 1.54) is 36.0 Å². The van der Waals surface area contributed by atoms with E-state index in [0.717, 1.165) is 4.90 Å². The molecule has 0 fully saturated rings. The van der Waals surface area contributed by atoms with Gasteiger partial charge < -0.3 is 15.8 Å². The molecule has 0 saturated heterocycles. The van der Waals surface area contributed by atoms with Gasteiger partial charge in [-0.2, -0.15) is 0 Å². The summed E-state index contributed by atoms with van der Waals surface area (Å²) in [5, 5.41) is 2.70. The normalized spacial score (nSPS) is 10.1. The number of halogens is 1. The molecule has 0 aromatic heterocycles. The fourth-order valence-corrected chi connectivity index (χ4v) is 2.46. The van der Waals surface area contributed by atoms with E-state index in [0.29, 0.717) is 11.4 Å². The summed E-state index contributed by atoms with van der Waals surface area (Å²) >= 11 is 1.24. The Hall–Kier alpha value is -2.54. The van der Waals surface area contributed by atoms with Crippen molar-refractivity contribution in [2.24, 2.45) is 5.73 Å². The van der Waals surface area contributed by atoms with Crippen LogP contribution in [0.4, 0.5) is 10.1 Å². The largest absolute Gasteiger partial charge is 0.484 e. The Morgan fingerprint density at radius 2 is 1.83 bits per heavy atom. The fourth-order valence-electron chi connectivity index (χ4n) is 1.71. The summed E-state index contributed by atoms with van der Waals surface area (Å²) in [5.41, 5.74) is 5.70. The number of nitrogens with one attached hydrogen (secondary N) is 1. The first-order valence-corrected chi connectivity index (χ1v) is 7.71. The lowest BCUT2D eigenvalue weighted by molar-refractivity contribution is -0.118. The van der Waals surface area contributed by atoms with E-state index >= 15 is 0 Å². The number of ether oxygens (including phenoxy) is 1. The molecule has 0 bridgehead atoms. The van der Waals surface area contributed by atoms with Crippen molar-refractivity contribution in [1.29, 1.82) is 0 Å². The average Bonchev–Trinajstić information content (AvgIpc) is 2.53. The van der Waals surface area contributed by atoms with Crippen molar-refractivity contribution in [3.63, 3.8) is 0 Å². The van der Waals surface area contributed by atoms with Crippen molar-refractivity contribution in [3.05, 3.63) is 54.3 Å². The number of anilines is 1. The minimum Gasteiger partial charge on any atom is -0.484 e. The SMILES string of the molecule is NC(=O)CSc1ccccc1NC(=O)COc1ccc(F)cc1. The van der Waals surface area contributed by atoms with Gasteiger partial charge in [0, 0.05) is 4.90 Å². The van der Waals surface area contributed by atoms with E-state index in [2.05, 4.69) is 5.32 Å². The maximum Gasteiger partial charge on any atom is 0.262 e. The van der Waals surface area contributed by atoms with Crippen LogP contribution in [0.1, 0.15) is 0 Å². The molecule has 5 nitrogen and oxygen atoms in total. The van der Waals surface area contributed by atoms with Gasteiger partial charge >= 0.3 is 0 Å². The average molecular weight is 334 g/mol. The molecule has 0 atom stereocenters. The Morgan fingerprint density at radius 1 is 1.13 bits per heavy atom. The molecule has 2 aromatic rings. The van der Waals surface area contributed by atoms with Gasteiger partial charge in [-0.1, -0.05) is 12.1 Å². The third-order valence-electron chi connectivity index (χ3n) is 2.71. The van der Waals surface area contributed by atoms with E-state index in [1.807, 2.05) is 0 Å². The predicted molar refractivity (Wildman–Crippen MR) is 86.9 cm³/mol. The Bertz CT molecular complexity index is 692. The van der Waals surface area contributed by atoms with Crippen LogP contribution in [0, 0.1) is 5.82 Å². The highest BCUT2D eigenvalue weighted by atomic mass is 32.2. The number of thioether (sulfide) groups is 1. The molecule has 0 aliphatic carbocycles. The highest BCUT2D eigenvalue weighted by molar-refractivity contribution is 8.00. The van der Waals surface area contributed by atoms with Crippen molar-refractivity contribution in [2.75, 3.05) is 17.7 Å². The number of para-hydroxylation sites is 1. The minimum absolute atomic E-state index is 0.124. The Labute approximate surface area is 137 Å². The summed E-state index contributed by atoms with van der Waals surface area (Å²) in [6.45, 7) is -0.208. The first-order chi connectivity index (χ1) is 11.0. The van der Waals surface area contributed by atoms with Crippen molar-refractivity contribution in [2.45, 2.75) is 4.90 Å². The van der Waals surface area contributed by atoms with Crippen LogP contribution in [0.2, 0.25) is 0 Å². The lowest BCUT2D eigenvalue weighted by atomic mass is 10.3. The zero-order valence-corrected chi connectivity index (χ0v) is 12.9. The van der Waals surface area contributed by atoms with Crippen LogP contribution in [0.25, 0.3) is 0 Å². The maximum absolute atomic E-state index is 12.8. The van der Waals surface area contributed by atoms with E-state index < -0.39 is 5.91 Å². The van der Waals surface area contributed by atoms with E-state index in [9.17, 15) is 14.0 Å². The number of carbonyl (C=O) groups is 2. The van der Waals surface area contributed by atoms with E-state index in [1.54, 1.807) is 24.3 Å². The summed E-state index contributed by atoms with van der Waals surface area (Å²) in [5.74, 6) is -0.642. The quantitative estimate of drug-likeness (QED) is 0.762. The standard InChI is InChI=1S/C16H15FN2O3S/c17-11-5-7-12(8-6-11)22-9-16(21)19-13-3-1-2-4-14(13)23-10-15(18)20/h1-8H,9-10H2,(H2,18,20)(H,19,21). The Morgan fingerprint density at radius 3 is 2.52 bits per heavy atom. The van der Waals surface area contributed by atoms with Gasteiger partial charge in [0.25, 0.3) is 5.91 Å². The molecule has 2 aromatic carbocycles. The molecule has 0 radical (unpaired) electrons. The van der Waals surface area contributed by atoms with Crippen LogP contribution in [0.3, 0.4) is 0 Å². The van der Waals surface area contributed by atoms with Gasteiger partial charge in [-0.05, 0) is 36.4 Å². The number of carbonyl (C=O) groups excluding carboxylic acids is 2. The van der Waals surface area contributed by atoms with Crippen molar-refractivity contribution >= 4 is 29.3 Å². The number of hydrogen-bond donors (Lipinski definition) is 2. The molecular weight excluding hydrogens is 319 g/mol. The summed E-state index contributed by atoms with van der Waals surface area (Å²) in [4.78, 5) is 23.5. The highest BCUT2D eigenvalue weighted by Crippen LogP contribution is 2.26. The van der Waals surface area contributed by atoms with Gasteiger partial charge in [0.05, 0.1) is 11.4 Å². The Kier molecular flexibility index (Phi) is 5.99. The molecule has 2 rings (SSSR count). The van der Waals surface area contributed by atoms with Crippen molar-refractivity contribution in [3.8, 4) is 5.75 Å². The summed E-state index contributed by atoms with van der Waals surface area (Å²) in [6.07, 6.45) is 0. The second kappa shape index (κ2) is 8.19. The topological polar surface area (TPSA) is 81.4 Å². The predicted octanol–water partition coefficient (Wildman–Crippen LogP) is 2.42. The summed E-state index contributed by atoms with van der Waals surface area (Å²) in [7, 11) is 0. The summed E-state index contributed by atoms with van der Waals surface area (Å²) in [6, 6.07) is 12.5. The molecule has 0 unspecified atom stereocenters. The van der Waals surface area contributed by atoms with Crippen LogP contribution in [0.5, 0.6) is 5.75 Å². The van der Waals surface area contributed by atoms with Crippen molar-refractivity contribution < 1.29 is 18.7 Å². The van der Waals surface area contributed by atoms with Gasteiger partial charge in [0.2, 0.25) is 5.91 Å². The third-order valence-corrected chi connectivity index (χ3v) is 3.81. The van der Waals surface area contributed by atoms with Crippen LogP contribution in [0.15, 0.2) is 53.4 Å². The molecule has 23 heavy (non-hydrogen) atoms. The fraction of sp³-hybridized carbons (Fsp3) is 0.125. The van der Waals surface area contributed by atoms with Gasteiger partial charge in [-0.3, -0.25) is 9.59 Å². The summed E-state index contributed by atoms with van der Waals surface area (Å²) < 4.78 is 18.1. The monoisotopic (exact) mass is 334 g/mol. The molecular formula is C16H15FN2O3S. The molecule has 3 N–H and O–H groups in total. The molecule has 0 aliphatic heterocycles. The van der Waals surface area contributed by atoms with Crippen LogP contribution < -0.4 is 15.8 Å². The lowest BCUT2D eigenvalue weighted by Crippen LogP contribution is -2.20. The molecule has 0 heterocycles. The molecule has 0 aliphatic rings. The van der Waals surface area contributed by atoms with Crippen LogP contribution >= 0.6 is 11.8 Å². The second-order valence-corrected chi connectivity index (χ2v) is 5.56. The number of rotatable bonds is 7. The second-order valence-electron chi connectivity index (χ2n) is 4.54. The Balaban J connectivity index is 1.92. The van der Waals surface area contributed by atoms with Gasteiger partial charge in [-0.25, -0.2) is 4.39 Å². The van der Waals surface area contributed by atoms with E-state index in [-0.39, 0.29) is 24.1 Å². The zero-order valence-electron chi connectivity index (χ0n) is 12.1. The van der Waals surface area contributed by atoms with Crippen LogP contribution in [-0.2, 0) is 9.59 Å². The first kappa shape index (κ1) is 16.8. The number of amides is 2. The lowest BCUT2D eigenvalue weighted by Gasteiger charge is -2.11.